The van der Waals surface area contributed by atoms with Gasteiger partial charge in [0.05, 0.1) is 12.7 Å². The zero-order valence-electron chi connectivity index (χ0n) is 12.2. The predicted molar refractivity (Wildman–Crippen MR) is 90.0 cm³/mol. The molecule has 118 valence electrons. The van der Waals surface area contributed by atoms with Gasteiger partial charge in [0.2, 0.25) is 5.13 Å². The second kappa shape index (κ2) is 8.36. The summed E-state index contributed by atoms with van der Waals surface area (Å²) in [6.45, 7) is 2.36. The molecule has 2 aromatic rings. The maximum atomic E-state index is 5.65. The number of nitrogens with one attached hydrogen (secondary N) is 1. The number of hydrogen-bond donors (Lipinski definition) is 1. The van der Waals surface area contributed by atoms with Crippen LogP contribution in [0.15, 0.2) is 34.7 Å². The first-order valence-electron chi connectivity index (χ1n) is 7.40. The zero-order chi connectivity index (χ0) is 15.0. The Balaban J connectivity index is 1.34. The Morgan fingerprint density at radius 3 is 3.05 bits per heavy atom. The van der Waals surface area contributed by atoms with Gasteiger partial charge < -0.3 is 14.8 Å². The zero-order valence-corrected chi connectivity index (χ0v) is 13.9. The van der Waals surface area contributed by atoms with Crippen molar-refractivity contribution in [2.75, 3.05) is 30.8 Å². The molecule has 1 fully saturated rings. The van der Waals surface area contributed by atoms with E-state index < -0.39 is 0 Å². The topological polar surface area (TPSA) is 56.3 Å². The highest BCUT2D eigenvalue weighted by atomic mass is 32.2. The molecule has 22 heavy (non-hydrogen) atoms. The monoisotopic (exact) mass is 337 g/mol. The van der Waals surface area contributed by atoms with E-state index in [2.05, 4.69) is 15.5 Å². The van der Waals surface area contributed by atoms with Crippen molar-refractivity contribution in [1.29, 1.82) is 0 Å². The summed E-state index contributed by atoms with van der Waals surface area (Å²) in [6.07, 6.45) is 2.61. The van der Waals surface area contributed by atoms with Gasteiger partial charge in [-0.3, -0.25) is 0 Å². The Bertz CT molecular complexity index is 559. The molecule has 5 nitrogen and oxygen atoms in total. The lowest BCUT2D eigenvalue weighted by Gasteiger charge is -2.08. The van der Waals surface area contributed by atoms with Crippen LogP contribution < -0.4 is 10.1 Å². The molecule has 1 atom stereocenters. The molecule has 1 saturated heterocycles. The van der Waals surface area contributed by atoms with E-state index in [1.165, 1.54) is 0 Å². The first kappa shape index (κ1) is 15.6. The van der Waals surface area contributed by atoms with Gasteiger partial charge in [0.1, 0.15) is 5.75 Å². The third-order valence-corrected chi connectivity index (χ3v) is 5.21. The smallest absolute Gasteiger partial charge is 0.206 e. The molecule has 7 heteroatoms. The van der Waals surface area contributed by atoms with E-state index in [9.17, 15) is 0 Å². The van der Waals surface area contributed by atoms with Gasteiger partial charge in [-0.05, 0) is 25.0 Å². The quantitative estimate of drug-likeness (QED) is 0.589. The van der Waals surface area contributed by atoms with Crippen LogP contribution >= 0.6 is 23.1 Å². The summed E-state index contributed by atoms with van der Waals surface area (Å²) in [6, 6.07) is 9.85. The van der Waals surface area contributed by atoms with Gasteiger partial charge >= 0.3 is 0 Å². The molecular weight excluding hydrogens is 318 g/mol. The van der Waals surface area contributed by atoms with Gasteiger partial charge in [0.25, 0.3) is 0 Å². The lowest BCUT2D eigenvalue weighted by Crippen LogP contribution is -2.18. The Hall–Kier alpha value is -1.31. The molecule has 1 aromatic heterocycles. The fourth-order valence-electron chi connectivity index (χ4n) is 2.15. The Kier molecular flexibility index (Phi) is 5.92. The van der Waals surface area contributed by atoms with E-state index in [-0.39, 0.29) is 0 Å². The molecule has 0 bridgehead atoms. The predicted octanol–water partition coefficient (Wildman–Crippen LogP) is 3.30. The molecule has 1 aliphatic heterocycles. The molecule has 0 aliphatic carbocycles. The number of anilines is 1. The summed E-state index contributed by atoms with van der Waals surface area (Å²) in [5.74, 6) is 1.76. The molecule has 1 N–H and O–H groups in total. The van der Waals surface area contributed by atoms with Crippen molar-refractivity contribution in [2.45, 2.75) is 23.3 Å². The average Bonchev–Trinajstić information content (AvgIpc) is 3.22. The number of hydrogen-bond acceptors (Lipinski definition) is 7. The molecule has 2 heterocycles. The largest absolute Gasteiger partial charge is 0.493 e. The van der Waals surface area contributed by atoms with Gasteiger partial charge in [-0.2, -0.15) is 0 Å². The third-order valence-electron chi connectivity index (χ3n) is 3.23. The van der Waals surface area contributed by atoms with Gasteiger partial charge in [-0.1, -0.05) is 41.3 Å². The third kappa shape index (κ3) is 4.86. The number of nitrogens with zero attached hydrogens (tertiary/aromatic N) is 2. The van der Waals surface area contributed by atoms with Crippen LogP contribution in [0.3, 0.4) is 0 Å². The SMILES string of the molecule is c1ccc(OCCSc2nnc(NCC3CCCO3)s2)cc1. The fourth-order valence-corrected chi connectivity index (χ4v) is 3.80. The average molecular weight is 337 g/mol. The number of benzene rings is 1. The summed E-state index contributed by atoms with van der Waals surface area (Å²) < 4.78 is 12.2. The van der Waals surface area contributed by atoms with Crippen molar-refractivity contribution in [2.24, 2.45) is 0 Å². The minimum absolute atomic E-state index is 0.319. The van der Waals surface area contributed by atoms with E-state index in [4.69, 9.17) is 9.47 Å². The molecular formula is C15H19N3O2S2. The molecule has 0 radical (unpaired) electrons. The van der Waals surface area contributed by atoms with Crippen molar-refractivity contribution in [3.8, 4) is 5.75 Å². The Labute approximate surface area is 138 Å². The van der Waals surface area contributed by atoms with Crippen molar-refractivity contribution >= 4 is 28.2 Å². The van der Waals surface area contributed by atoms with Crippen molar-refractivity contribution in [3.63, 3.8) is 0 Å². The number of ether oxygens (including phenoxy) is 2. The summed E-state index contributed by atoms with van der Waals surface area (Å²) in [5, 5.41) is 12.5. The standard InChI is InChI=1S/C15H19N3O2S2/c1-2-5-12(6-3-1)20-9-10-21-15-18-17-14(22-15)16-11-13-7-4-8-19-13/h1-3,5-6,13H,4,7-11H2,(H,16,17). The second-order valence-corrected chi connectivity index (χ2v) is 7.22. The van der Waals surface area contributed by atoms with E-state index in [0.717, 1.165) is 47.0 Å². The lowest BCUT2D eigenvalue weighted by atomic mass is 10.2. The van der Waals surface area contributed by atoms with Gasteiger partial charge in [-0.25, -0.2) is 0 Å². The van der Waals surface area contributed by atoms with Gasteiger partial charge in [0.15, 0.2) is 4.34 Å². The second-order valence-electron chi connectivity index (χ2n) is 4.90. The molecule has 1 aliphatic rings. The van der Waals surface area contributed by atoms with Crippen LogP contribution in [0, 0.1) is 0 Å². The van der Waals surface area contributed by atoms with Gasteiger partial charge in [0, 0.05) is 18.9 Å². The minimum atomic E-state index is 0.319. The summed E-state index contributed by atoms with van der Waals surface area (Å²) in [7, 11) is 0. The summed E-state index contributed by atoms with van der Waals surface area (Å²) in [5.41, 5.74) is 0. The van der Waals surface area contributed by atoms with Crippen LogP contribution in [-0.2, 0) is 4.74 Å². The highest BCUT2D eigenvalue weighted by molar-refractivity contribution is 8.01. The number of thioether (sulfide) groups is 1. The highest BCUT2D eigenvalue weighted by Crippen LogP contribution is 2.25. The Morgan fingerprint density at radius 1 is 1.32 bits per heavy atom. The molecule has 1 unspecified atom stereocenters. The molecule has 1 aromatic carbocycles. The molecule has 0 amide bonds. The maximum absolute atomic E-state index is 5.65. The highest BCUT2D eigenvalue weighted by Gasteiger charge is 2.15. The normalized spacial score (nSPS) is 17.5. The molecule has 0 saturated carbocycles. The van der Waals surface area contributed by atoms with Crippen LogP contribution in [0.4, 0.5) is 5.13 Å². The van der Waals surface area contributed by atoms with Crippen molar-refractivity contribution in [3.05, 3.63) is 30.3 Å². The number of rotatable bonds is 8. The van der Waals surface area contributed by atoms with Crippen LogP contribution in [0.1, 0.15) is 12.8 Å². The van der Waals surface area contributed by atoms with E-state index in [0.29, 0.717) is 12.7 Å². The van der Waals surface area contributed by atoms with E-state index in [1.807, 2.05) is 30.3 Å². The van der Waals surface area contributed by atoms with Gasteiger partial charge in [-0.15, -0.1) is 10.2 Å². The van der Waals surface area contributed by atoms with Crippen LogP contribution in [0.5, 0.6) is 5.75 Å². The fraction of sp³-hybridized carbons (Fsp3) is 0.467. The summed E-state index contributed by atoms with van der Waals surface area (Å²) >= 11 is 3.25. The Morgan fingerprint density at radius 2 is 2.23 bits per heavy atom. The minimum Gasteiger partial charge on any atom is -0.493 e. The van der Waals surface area contributed by atoms with Crippen LogP contribution in [0.2, 0.25) is 0 Å². The lowest BCUT2D eigenvalue weighted by molar-refractivity contribution is 0.120. The van der Waals surface area contributed by atoms with Crippen LogP contribution in [-0.4, -0.2) is 41.8 Å². The first-order valence-corrected chi connectivity index (χ1v) is 9.20. The number of aromatic nitrogens is 2. The van der Waals surface area contributed by atoms with Crippen LogP contribution in [0.25, 0.3) is 0 Å². The number of para-hydroxylation sites is 1. The van der Waals surface area contributed by atoms with Crippen molar-refractivity contribution < 1.29 is 9.47 Å². The summed E-state index contributed by atoms with van der Waals surface area (Å²) in [4.78, 5) is 0. The maximum Gasteiger partial charge on any atom is 0.206 e. The molecule has 0 spiro atoms. The van der Waals surface area contributed by atoms with E-state index >= 15 is 0 Å². The molecule has 3 rings (SSSR count). The van der Waals surface area contributed by atoms with Crippen molar-refractivity contribution in [1.82, 2.24) is 10.2 Å². The first-order chi connectivity index (χ1) is 10.9. The van der Waals surface area contributed by atoms with E-state index in [1.54, 1.807) is 23.1 Å².